The number of rotatable bonds is 5. The summed E-state index contributed by atoms with van der Waals surface area (Å²) in [7, 11) is 0. The molecule has 1 aliphatic heterocycles. The highest BCUT2D eigenvalue weighted by molar-refractivity contribution is 5.06. The maximum absolute atomic E-state index is 5.77. The second-order valence-corrected chi connectivity index (χ2v) is 6.08. The fourth-order valence-corrected chi connectivity index (χ4v) is 3.13. The summed E-state index contributed by atoms with van der Waals surface area (Å²) >= 11 is 0. The first-order valence-electron chi connectivity index (χ1n) is 7.95. The molecular weight excluding hydrogens is 250 g/mol. The molecular formula is C16H29N3O. The molecule has 0 aromatic carbocycles. The molecule has 1 saturated heterocycles. The minimum atomic E-state index is 0.252. The first-order valence-corrected chi connectivity index (χ1v) is 7.95. The third kappa shape index (κ3) is 3.07. The van der Waals surface area contributed by atoms with Crippen LogP contribution in [0.25, 0.3) is 0 Å². The largest absolute Gasteiger partial charge is 0.444 e. The van der Waals surface area contributed by atoms with Crippen LogP contribution in [0.3, 0.4) is 0 Å². The summed E-state index contributed by atoms with van der Waals surface area (Å²) in [6.07, 6.45) is 3.50. The third-order valence-electron chi connectivity index (χ3n) is 4.97. The zero-order valence-corrected chi connectivity index (χ0v) is 13.6. The maximum Gasteiger partial charge on any atom is 0.208 e. The molecule has 1 fully saturated rings. The summed E-state index contributed by atoms with van der Waals surface area (Å²) in [4.78, 5) is 7.09. The smallest absolute Gasteiger partial charge is 0.208 e. The number of oxazole rings is 1. The van der Waals surface area contributed by atoms with Gasteiger partial charge in [0.05, 0.1) is 12.2 Å². The number of nitrogens with zero attached hydrogens (tertiary/aromatic N) is 2. The molecule has 1 aromatic heterocycles. The van der Waals surface area contributed by atoms with Crippen LogP contribution in [0.1, 0.15) is 57.4 Å². The molecule has 4 heteroatoms. The molecule has 4 nitrogen and oxygen atoms in total. The summed E-state index contributed by atoms with van der Waals surface area (Å²) in [6.45, 7) is 13.8. The van der Waals surface area contributed by atoms with Crippen LogP contribution in [-0.2, 0) is 6.54 Å². The average Bonchev–Trinajstić information content (AvgIpc) is 2.77. The predicted octanol–water partition coefficient (Wildman–Crippen LogP) is 3.03. The Morgan fingerprint density at radius 1 is 1.30 bits per heavy atom. The minimum Gasteiger partial charge on any atom is -0.444 e. The van der Waals surface area contributed by atoms with Crippen LogP contribution < -0.4 is 5.32 Å². The topological polar surface area (TPSA) is 41.3 Å². The van der Waals surface area contributed by atoms with Crippen molar-refractivity contribution in [2.75, 3.05) is 13.1 Å². The van der Waals surface area contributed by atoms with Crippen molar-refractivity contribution in [1.29, 1.82) is 0 Å². The van der Waals surface area contributed by atoms with E-state index in [0.717, 1.165) is 43.4 Å². The molecule has 0 aliphatic carbocycles. The van der Waals surface area contributed by atoms with Gasteiger partial charge in [-0.1, -0.05) is 20.8 Å². The van der Waals surface area contributed by atoms with Crippen LogP contribution in [-0.4, -0.2) is 34.6 Å². The van der Waals surface area contributed by atoms with Gasteiger partial charge in [-0.15, -0.1) is 0 Å². The molecule has 20 heavy (non-hydrogen) atoms. The Hall–Kier alpha value is -0.870. The average molecular weight is 279 g/mol. The van der Waals surface area contributed by atoms with Crippen molar-refractivity contribution >= 4 is 0 Å². The lowest BCUT2D eigenvalue weighted by molar-refractivity contribution is 0.0573. The third-order valence-corrected chi connectivity index (χ3v) is 4.97. The number of aromatic nitrogens is 1. The van der Waals surface area contributed by atoms with Crippen LogP contribution in [0.2, 0.25) is 0 Å². The number of piperazine rings is 1. The molecule has 1 aliphatic rings. The Kier molecular flexibility index (Phi) is 4.86. The number of nitrogens with one attached hydrogen (secondary N) is 1. The van der Waals surface area contributed by atoms with E-state index in [9.17, 15) is 0 Å². The molecule has 1 N–H and O–H groups in total. The monoisotopic (exact) mass is 279 g/mol. The molecule has 1 atom stereocenters. The van der Waals surface area contributed by atoms with E-state index in [2.05, 4.69) is 36.0 Å². The summed E-state index contributed by atoms with van der Waals surface area (Å²) < 4.78 is 5.77. The molecule has 114 valence electrons. The number of hydrogen-bond donors (Lipinski definition) is 1. The fraction of sp³-hybridized carbons (Fsp3) is 0.812. The van der Waals surface area contributed by atoms with Crippen LogP contribution in [0, 0.1) is 13.8 Å². The zero-order valence-electron chi connectivity index (χ0n) is 13.6. The molecule has 0 amide bonds. The number of aryl methyl sites for hydroxylation is 2. The minimum absolute atomic E-state index is 0.252. The Morgan fingerprint density at radius 2 is 2.00 bits per heavy atom. The van der Waals surface area contributed by atoms with Gasteiger partial charge in [-0.25, -0.2) is 4.98 Å². The summed E-state index contributed by atoms with van der Waals surface area (Å²) in [5.41, 5.74) is 1.27. The quantitative estimate of drug-likeness (QED) is 0.899. The lowest BCUT2D eigenvalue weighted by atomic mass is 9.88. The Bertz CT molecular complexity index is 417. The van der Waals surface area contributed by atoms with E-state index in [4.69, 9.17) is 4.42 Å². The molecule has 0 bridgehead atoms. The van der Waals surface area contributed by atoms with Crippen LogP contribution >= 0.6 is 0 Å². The van der Waals surface area contributed by atoms with Gasteiger partial charge in [-0.2, -0.15) is 0 Å². The predicted molar refractivity (Wildman–Crippen MR) is 81.8 cm³/mol. The van der Waals surface area contributed by atoms with Gasteiger partial charge >= 0.3 is 0 Å². The van der Waals surface area contributed by atoms with Gasteiger partial charge in [0, 0.05) is 24.7 Å². The van der Waals surface area contributed by atoms with Crippen molar-refractivity contribution < 1.29 is 4.42 Å². The second kappa shape index (κ2) is 6.27. The SMILES string of the molecule is CCC1CNC(CC)(CC)CN1Cc1nc(C)c(C)o1. The van der Waals surface area contributed by atoms with Crippen molar-refractivity contribution in [3.63, 3.8) is 0 Å². The summed E-state index contributed by atoms with van der Waals surface area (Å²) in [5.74, 6) is 1.81. The highest BCUT2D eigenvalue weighted by Crippen LogP contribution is 2.25. The van der Waals surface area contributed by atoms with E-state index >= 15 is 0 Å². The van der Waals surface area contributed by atoms with Crippen molar-refractivity contribution in [2.24, 2.45) is 0 Å². The number of hydrogen-bond acceptors (Lipinski definition) is 4. The van der Waals surface area contributed by atoms with Gasteiger partial charge in [0.2, 0.25) is 5.89 Å². The normalized spacial score (nSPS) is 23.1. The van der Waals surface area contributed by atoms with Crippen LogP contribution in [0.4, 0.5) is 0 Å². The van der Waals surface area contributed by atoms with E-state index in [1.54, 1.807) is 0 Å². The Labute approximate surface area is 122 Å². The molecule has 2 rings (SSSR count). The molecule has 1 unspecified atom stereocenters. The van der Waals surface area contributed by atoms with Crippen molar-refractivity contribution in [3.05, 3.63) is 17.3 Å². The molecule has 1 aromatic rings. The molecule has 0 radical (unpaired) electrons. The van der Waals surface area contributed by atoms with Gasteiger partial charge in [-0.05, 0) is 33.1 Å². The highest BCUT2D eigenvalue weighted by atomic mass is 16.4. The Balaban J connectivity index is 2.12. The van der Waals surface area contributed by atoms with Crippen molar-refractivity contribution in [1.82, 2.24) is 15.2 Å². The molecule has 0 saturated carbocycles. The van der Waals surface area contributed by atoms with E-state index < -0.39 is 0 Å². The molecule has 2 heterocycles. The fourth-order valence-electron chi connectivity index (χ4n) is 3.13. The van der Waals surface area contributed by atoms with Crippen LogP contribution in [0.15, 0.2) is 4.42 Å². The van der Waals surface area contributed by atoms with Gasteiger partial charge < -0.3 is 9.73 Å². The van der Waals surface area contributed by atoms with E-state index in [1.165, 1.54) is 12.8 Å². The van der Waals surface area contributed by atoms with Crippen LogP contribution in [0.5, 0.6) is 0 Å². The van der Waals surface area contributed by atoms with E-state index in [0.29, 0.717) is 6.04 Å². The lowest BCUT2D eigenvalue weighted by Gasteiger charge is -2.47. The summed E-state index contributed by atoms with van der Waals surface area (Å²) in [5, 5.41) is 3.77. The first-order chi connectivity index (χ1) is 9.53. The summed E-state index contributed by atoms with van der Waals surface area (Å²) in [6, 6.07) is 0.578. The Morgan fingerprint density at radius 3 is 2.50 bits per heavy atom. The van der Waals surface area contributed by atoms with E-state index in [-0.39, 0.29) is 5.54 Å². The van der Waals surface area contributed by atoms with E-state index in [1.807, 2.05) is 13.8 Å². The molecule has 0 spiro atoms. The maximum atomic E-state index is 5.77. The van der Waals surface area contributed by atoms with Crippen molar-refractivity contribution in [2.45, 2.75) is 72.0 Å². The second-order valence-electron chi connectivity index (χ2n) is 6.08. The standard InChI is InChI=1S/C16H29N3O/c1-6-14-9-17-16(7-2,8-3)11-19(14)10-15-18-12(4)13(5)20-15/h14,17H,6-11H2,1-5H3. The van der Waals surface area contributed by atoms with Gasteiger partial charge in [0.25, 0.3) is 0 Å². The highest BCUT2D eigenvalue weighted by Gasteiger charge is 2.36. The lowest BCUT2D eigenvalue weighted by Crippen LogP contribution is -2.63. The van der Waals surface area contributed by atoms with Gasteiger partial charge in [-0.3, -0.25) is 4.90 Å². The van der Waals surface area contributed by atoms with Gasteiger partial charge in [0.15, 0.2) is 0 Å². The zero-order chi connectivity index (χ0) is 14.8. The first kappa shape index (κ1) is 15.5. The van der Waals surface area contributed by atoms with Gasteiger partial charge in [0.1, 0.15) is 5.76 Å². The van der Waals surface area contributed by atoms with Crippen molar-refractivity contribution in [3.8, 4) is 0 Å².